The highest BCUT2D eigenvalue weighted by Gasteiger charge is 2.12. The third-order valence-electron chi connectivity index (χ3n) is 4.92. The van der Waals surface area contributed by atoms with Crippen LogP contribution in [-0.4, -0.2) is 40.2 Å². The van der Waals surface area contributed by atoms with Crippen molar-refractivity contribution in [3.63, 3.8) is 0 Å². The minimum Gasteiger partial charge on any atom is -0.497 e. The molecule has 1 aromatic heterocycles. The monoisotopic (exact) mass is 439 g/mol. The number of hydrogen-bond donors (Lipinski definition) is 1. The van der Waals surface area contributed by atoms with Crippen molar-refractivity contribution in [1.29, 1.82) is 0 Å². The maximum Gasteiger partial charge on any atom is 0.328 e. The van der Waals surface area contributed by atoms with Crippen molar-refractivity contribution in [3.8, 4) is 45.7 Å². The quantitative estimate of drug-likeness (QED) is 0.406. The number of carboxylic acid groups (broad SMARTS) is 1. The van der Waals surface area contributed by atoms with Crippen molar-refractivity contribution >= 4 is 12.0 Å². The van der Waals surface area contributed by atoms with Crippen LogP contribution in [0, 0.1) is 0 Å². The van der Waals surface area contributed by atoms with Crippen molar-refractivity contribution in [2.75, 3.05) is 14.2 Å². The number of aromatic nitrogens is 3. The Labute approximate surface area is 191 Å². The van der Waals surface area contributed by atoms with Gasteiger partial charge in [-0.1, -0.05) is 24.3 Å². The smallest absolute Gasteiger partial charge is 0.328 e. The van der Waals surface area contributed by atoms with E-state index in [4.69, 9.17) is 29.5 Å². The van der Waals surface area contributed by atoms with Crippen molar-refractivity contribution in [2.45, 2.75) is 0 Å². The van der Waals surface area contributed by atoms with Gasteiger partial charge < -0.3 is 14.6 Å². The number of aliphatic carboxylic acids is 1. The third-order valence-corrected chi connectivity index (χ3v) is 4.92. The topological polar surface area (TPSA) is 94.4 Å². The number of ether oxygens (including phenoxy) is 2. The van der Waals surface area contributed by atoms with E-state index in [0.29, 0.717) is 17.5 Å². The van der Waals surface area contributed by atoms with E-state index >= 15 is 0 Å². The molecular weight excluding hydrogens is 418 g/mol. The fourth-order valence-electron chi connectivity index (χ4n) is 3.15. The zero-order chi connectivity index (χ0) is 23.2. The number of hydrogen-bond acceptors (Lipinski definition) is 6. The van der Waals surface area contributed by atoms with Crippen LogP contribution < -0.4 is 9.47 Å². The molecule has 1 heterocycles. The molecule has 0 atom stereocenters. The molecular formula is C26H21N3O4. The summed E-state index contributed by atoms with van der Waals surface area (Å²) in [5, 5.41) is 8.82. The fraction of sp³-hybridized carbons (Fsp3) is 0.0769. The van der Waals surface area contributed by atoms with Crippen LogP contribution in [0.2, 0.25) is 0 Å². The summed E-state index contributed by atoms with van der Waals surface area (Å²) in [6.45, 7) is 0. The second-order valence-corrected chi connectivity index (χ2v) is 7.06. The maximum atomic E-state index is 10.8. The average Bonchev–Trinajstić information content (AvgIpc) is 2.87. The number of benzene rings is 3. The molecule has 0 aliphatic heterocycles. The molecule has 7 heteroatoms. The molecule has 0 fully saturated rings. The number of nitrogens with zero attached hydrogens (tertiary/aromatic N) is 3. The summed E-state index contributed by atoms with van der Waals surface area (Å²) in [7, 11) is 3.24. The van der Waals surface area contributed by atoms with E-state index < -0.39 is 5.97 Å². The Balaban J connectivity index is 1.78. The lowest BCUT2D eigenvalue weighted by molar-refractivity contribution is -0.131. The minimum absolute atomic E-state index is 0.510. The Hall–Kier alpha value is -4.52. The largest absolute Gasteiger partial charge is 0.497 e. The predicted octanol–water partition coefficient (Wildman–Crippen LogP) is 4.99. The lowest BCUT2D eigenvalue weighted by Gasteiger charge is -2.09. The Bertz CT molecular complexity index is 1220. The molecule has 0 aliphatic rings. The van der Waals surface area contributed by atoms with Crippen LogP contribution in [0.15, 0.2) is 78.9 Å². The van der Waals surface area contributed by atoms with Gasteiger partial charge in [0.15, 0.2) is 17.5 Å². The Kier molecular flexibility index (Phi) is 6.40. The van der Waals surface area contributed by atoms with Crippen LogP contribution in [0.5, 0.6) is 11.5 Å². The zero-order valence-corrected chi connectivity index (χ0v) is 18.1. The molecule has 0 radical (unpaired) electrons. The third kappa shape index (κ3) is 5.22. The second-order valence-electron chi connectivity index (χ2n) is 7.06. The van der Waals surface area contributed by atoms with Gasteiger partial charge in [0.1, 0.15) is 11.5 Å². The van der Waals surface area contributed by atoms with Gasteiger partial charge in [0.05, 0.1) is 14.2 Å². The summed E-state index contributed by atoms with van der Waals surface area (Å²) in [5.41, 5.74) is 3.21. The molecule has 0 amide bonds. The Morgan fingerprint density at radius 2 is 1.03 bits per heavy atom. The first-order valence-corrected chi connectivity index (χ1v) is 10.1. The fourth-order valence-corrected chi connectivity index (χ4v) is 3.15. The van der Waals surface area contributed by atoms with Crippen LogP contribution in [0.1, 0.15) is 5.56 Å². The van der Waals surface area contributed by atoms with Gasteiger partial charge in [0.25, 0.3) is 0 Å². The first-order chi connectivity index (χ1) is 16.1. The summed E-state index contributed by atoms with van der Waals surface area (Å²) in [5.74, 6) is 2.06. The van der Waals surface area contributed by atoms with Gasteiger partial charge in [-0.2, -0.15) is 0 Å². The molecule has 0 aliphatic carbocycles. The lowest BCUT2D eigenvalue weighted by atomic mass is 10.1. The molecule has 3 aromatic carbocycles. The van der Waals surface area contributed by atoms with Crippen LogP contribution in [0.3, 0.4) is 0 Å². The van der Waals surface area contributed by atoms with Gasteiger partial charge in [-0.15, -0.1) is 0 Å². The molecule has 33 heavy (non-hydrogen) atoms. The van der Waals surface area contributed by atoms with Crippen LogP contribution in [0.4, 0.5) is 0 Å². The molecule has 0 unspecified atom stereocenters. The predicted molar refractivity (Wildman–Crippen MR) is 126 cm³/mol. The maximum absolute atomic E-state index is 10.8. The molecule has 0 spiro atoms. The first-order valence-electron chi connectivity index (χ1n) is 10.1. The average molecular weight is 439 g/mol. The molecule has 0 saturated carbocycles. The van der Waals surface area contributed by atoms with Crippen LogP contribution in [-0.2, 0) is 4.79 Å². The minimum atomic E-state index is -0.996. The van der Waals surface area contributed by atoms with Gasteiger partial charge in [0.2, 0.25) is 0 Å². The molecule has 4 aromatic rings. The van der Waals surface area contributed by atoms with E-state index in [9.17, 15) is 4.79 Å². The van der Waals surface area contributed by atoms with Crippen LogP contribution >= 0.6 is 0 Å². The van der Waals surface area contributed by atoms with Gasteiger partial charge in [-0.3, -0.25) is 0 Å². The highest BCUT2D eigenvalue weighted by Crippen LogP contribution is 2.27. The molecule has 0 bridgehead atoms. The van der Waals surface area contributed by atoms with E-state index in [2.05, 4.69) is 0 Å². The molecule has 164 valence electrons. The van der Waals surface area contributed by atoms with E-state index in [1.807, 2.05) is 72.8 Å². The van der Waals surface area contributed by atoms with Crippen LogP contribution in [0.25, 0.3) is 40.2 Å². The number of methoxy groups -OCH3 is 2. The Morgan fingerprint density at radius 3 is 1.36 bits per heavy atom. The van der Waals surface area contributed by atoms with Gasteiger partial charge in [-0.05, 0) is 60.2 Å². The van der Waals surface area contributed by atoms with Crippen molar-refractivity contribution in [3.05, 3.63) is 84.4 Å². The summed E-state index contributed by atoms with van der Waals surface area (Å²) < 4.78 is 10.5. The summed E-state index contributed by atoms with van der Waals surface area (Å²) in [6, 6.07) is 22.4. The normalized spacial score (nSPS) is 10.8. The summed E-state index contributed by atoms with van der Waals surface area (Å²) in [6.07, 6.45) is 2.63. The van der Waals surface area contributed by atoms with E-state index in [-0.39, 0.29) is 0 Å². The highest BCUT2D eigenvalue weighted by atomic mass is 16.5. The summed E-state index contributed by atoms with van der Waals surface area (Å²) >= 11 is 0. The number of rotatable bonds is 7. The van der Waals surface area contributed by atoms with Crippen molar-refractivity contribution < 1.29 is 19.4 Å². The molecule has 1 N–H and O–H groups in total. The number of carbonyl (C=O) groups is 1. The second kappa shape index (κ2) is 9.74. The summed E-state index contributed by atoms with van der Waals surface area (Å²) in [4.78, 5) is 24.8. The van der Waals surface area contributed by atoms with Crippen molar-refractivity contribution in [2.24, 2.45) is 0 Å². The molecule has 0 saturated heterocycles. The van der Waals surface area contributed by atoms with Gasteiger partial charge in [-0.25, -0.2) is 19.7 Å². The van der Waals surface area contributed by atoms with E-state index in [1.54, 1.807) is 14.2 Å². The SMILES string of the molecule is COc1ccc(-c2nc(-c3ccc(/C=C/C(=O)O)cc3)nc(-c3ccc(OC)cc3)n2)cc1. The lowest BCUT2D eigenvalue weighted by Crippen LogP contribution is -2.00. The molecule has 7 nitrogen and oxygen atoms in total. The van der Waals surface area contributed by atoms with Gasteiger partial charge in [0, 0.05) is 22.8 Å². The van der Waals surface area contributed by atoms with E-state index in [0.717, 1.165) is 39.8 Å². The zero-order valence-electron chi connectivity index (χ0n) is 18.1. The Morgan fingerprint density at radius 1 is 0.667 bits per heavy atom. The standard InChI is InChI=1S/C26H21N3O4/c1-32-21-12-8-19(9-13-21)25-27-24(18-6-3-17(4-7-18)5-16-23(30)31)28-26(29-25)20-10-14-22(33-2)15-11-20/h3-16H,1-2H3,(H,30,31)/b16-5+. The number of carboxylic acids is 1. The van der Waals surface area contributed by atoms with Gasteiger partial charge >= 0.3 is 5.97 Å². The van der Waals surface area contributed by atoms with E-state index in [1.165, 1.54) is 6.08 Å². The van der Waals surface area contributed by atoms with Crippen molar-refractivity contribution in [1.82, 2.24) is 15.0 Å². The highest BCUT2D eigenvalue weighted by molar-refractivity contribution is 5.85. The first kappa shape index (κ1) is 21.7. The molecule has 4 rings (SSSR count).